The molecule has 0 bridgehead atoms. The number of carbonyl (C=O) groups is 2. The molecular weight excluding hydrogens is 338 g/mol. The Morgan fingerprint density at radius 3 is 2.80 bits per heavy atom. The van der Waals surface area contributed by atoms with Crippen LogP contribution < -0.4 is 5.32 Å². The molecule has 0 aliphatic heterocycles. The first-order valence-corrected chi connectivity index (χ1v) is 9.56. The molecule has 1 aliphatic carbocycles. The molecule has 0 aromatic carbocycles. The second kappa shape index (κ2) is 6.44. The molecule has 2 N–H and O–H groups in total. The molecule has 2 unspecified atom stereocenters. The maximum Gasteiger partial charge on any atom is 0.308 e. The summed E-state index contributed by atoms with van der Waals surface area (Å²) in [5.74, 6) is -1.27. The molecule has 7 heteroatoms. The number of thiophene rings is 1. The quantitative estimate of drug-likeness (QED) is 0.870. The fourth-order valence-corrected chi connectivity index (χ4v) is 4.78. The predicted molar refractivity (Wildman–Crippen MR) is 98.1 cm³/mol. The van der Waals surface area contributed by atoms with Gasteiger partial charge in [-0.1, -0.05) is 26.7 Å². The van der Waals surface area contributed by atoms with Gasteiger partial charge in [0, 0.05) is 12.4 Å². The van der Waals surface area contributed by atoms with Crippen LogP contribution in [0.3, 0.4) is 0 Å². The van der Waals surface area contributed by atoms with Gasteiger partial charge >= 0.3 is 5.97 Å². The van der Waals surface area contributed by atoms with E-state index in [1.165, 1.54) is 11.3 Å². The molecule has 136 valence electrons. The van der Waals surface area contributed by atoms with Crippen LogP contribution in [0.5, 0.6) is 0 Å². The zero-order valence-electron chi connectivity index (χ0n) is 15.1. The number of rotatable bonds is 4. The van der Waals surface area contributed by atoms with Gasteiger partial charge < -0.3 is 10.4 Å². The van der Waals surface area contributed by atoms with Crippen LogP contribution in [0.4, 0.5) is 0 Å². The zero-order valence-corrected chi connectivity index (χ0v) is 15.9. The summed E-state index contributed by atoms with van der Waals surface area (Å²) in [4.78, 5) is 26.0. The summed E-state index contributed by atoms with van der Waals surface area (Å²) in [6.07, 6.45) is 3.14. The maximum atomic E-state index is 12.8. The third-order valence-corrected chi connectivity index (χ3v) is 6.42. The number of nitrogens with one attached hydrogen (secondary N) is 1. The molecule has 6 nitrogen and oxygen atoms in total. The molecule has 2 aromatic rings. The Balaban J connectivity index is 1.89. The minimum absolute atomic E-state index is 0.188. The first-order chi connectivity index (χ1) is 11.7. The fourth-order valence-electron chi connectivity index (χ4n) is 3.80. The smallest absolute Gasteiger partial charge is 0.308 e. The van der Waals surface area contributed by atoms with E-state index in [1.54, 1.807) is 0 Å². The van der Waals surface area contributed by atoms with Crippen molar-refractivity contribution in [2.24, 2.45) is 13.0 Å². The number of carbonyl (C=O) groups excluding carboxylic acids is 1. The largest absolute Gasteiger partial charge is 0.481 e. The normalized spacial score (nSPS) is 24.0. The van der Waals surface area contributed by atoms with Crippen molar-refractivity contribution in [1.82, 2.24) is 15.1 Å². The predicted octanol–water partition coefficient (Wildman–Crippen LogP) is 3.52. The van der Waals surface area contributed by atoms with E-state index in [-0.39, 0.29) is 11.8 Å². The SMILES string of the molecule is CC(C)c1nn(C)c2sc(C(=O)NC3(C)CCCCC3C(=O)O)cc12. The molecule has 0 saturated heterocycles. The molecule has 1 aliphatic rings. The van der Waals surface area contributed by atoms with E-state index in [4.69, 9.17) is 0 Å². The molecule has 3 rings (SSSR count). The second-order valence-electron chi connectivity index (χ2n) is 7.50. The fraction of sp³-hybridized carbons (Fsp3) is 0.611. The van der Waals surface area contributed by atoms with Crippen LogP contribution in [0.2, 0.25) is 0 Å². The average molecular weight is 363 g/mol. The molecule has 0 radical (unpaired) electrons. The van der Waals surface area contributed by atoms with E-state index in [1.807, 2.05) is 24.7 Å². The highest BCUT2D eigenvalue weighted by Crippen LogP contribution is 2.36. The zero-order chi connectivity index (χ0) is 18.4. The highest BCUT2D eigenvalue weighted by atomic mass is 32.1. The van der Waals surface area contributed by atoms with Gasteiger partial charge in [-0.2, -0.15) is 5.10 Å². The number of hydrogen-bond donors (Lipinski definition) is 2. The van der Waals surface area contributed by atoms with E-state index in [9.17, 15) is 14.7 Å². The van der Waals surface area contributed by atoms with Gasteiger partial charge in [0.15, 0.2) is 0 Å². The number of aliphatic carboxylic acids is 1. The van der Waals surface area contributed by atoms with Crippen LogP contribution >= 0.6 is 11.3 Å². The second-order valence-corrected chi connectivity index (χ2v) is 8.53. The Morgan fingerprint density at radius 2 is 2.16 bits per heavy atom. The highest BCUT2D eigenvalue weighted by Gasteiger charge is 2.42. The van der Waals surface area contributed by atoms with Crippen LogP contribution in [-0.2, 0) is 11.8 Å². The lowest BCUT2D eigenvalue weighted by Crippen LogP contribution is -2.55. The summed E-state index contributed by atoms with van der Waals surface area (Å²) in [6.45, 7) is 6.02. The first-order valence-electron chi connectivity index (χ1n) is 8.74. The summed E-state index contributed by atoms with van der Waals surface area (Å²) in [6, 6.07) is 1.89. The Labute approximate surface area is 151 Å². The lowest BCUT2D eigenvalue weighted by Gasteiger charge is -2.39. The third-order valence-electron chi connectivity index (χ3n) is 5.22. The summed E-state index contributed by atoms with van der Waals surface area (Å²) in [5, 5.41) is 18.1. The van der Waals surface area contributed by atoms with Crippen molar-refractivity contribution >= 4 is 33.4 Å². The Morgan fingerprint density at radius 1 is 1.44 bits per heavy atom. The number of hydrogen-bond acceptors (Lipinski definition) is 4. The van der Waals surface area contributed by atoms with E-state index >= 15 is 0 Å². The molecular formula is C18H25N3O3S. The van der Waals surface area contributed by atoms with Gasteiger partial charge in [0.05, 0.1) is 22.0 Å². The summed E-state index contributed by atoms with van der Waals surface area (Å²) in [5.41, 5.74) is 0.288. The van der Waals surface area contributed by atoms with Crippen LogP contribution in [0.15, 0.2) is 6.07 Å². The Hall–Kier alpha value is -1.89. The first kappa shape index (κ1) is 17.9. The highest BCUT2D eigenvalue weighted by molar-refractivity contribution is 7.20. The van der Waals surface area contributed by atoms with Crippen molar-refractivity contribution in [2.75, 3.05) is 0 Å². The molecule has 1 amide bonds. The molecule has 0 spiro atoms. The van der Waals surface area contributed by atoms with Crippen molar-refractivity contribution < 1.29 is 14.7 Å². The average Bonchev–Trinajstić information content (AvgIpc) is 3.08. The third kappa shape index (κ3) is 3.17. The van der Waals surface area contributed by atoms with E-state index < -0.39 is 17.4 Å². The number of aryl methyl sites for hydroxylation is 1. The summed E-state index contributed by atoms with van der Waals surface area (Å²) in [7, 11) is 1.88. The number of carboxylic acids is 1. The molecule has 2 heterocycles. The molecule has 2 atom stereocenters. The number of carboxylic acid groups (broad SMARTS) is 1. The Bertz CT molecular complexity index is 823. The number of fused-ring (bicyclic) bond motifs is 1. The van der Waals surface area contributed by atoms with Crippen molar-refractivity contribution in [1.29, 1.82) is 0 Å². The van der Waals surface area contributed by atoms with Gasteiger partial charge in [0.2, 0.25) is 0 Å². The molecule has 1 saturated carbocycles. The van der Waals surface area contributed by atoms with Crippen molar-refractivity contribution in [2.45, 2.75) is 57.9 Å². The lowest BCUT2D eigenvalue weighted by molar-refractivity contribution is -0.145. The number of aromatic nitrogens is 2. The van der Waals surface area contributed by atoms with Gasteiger partial charge in [0.1, 0.15) is 4.83 Å². The van der Waals surface area contributed by atoms with Crippen LogP contribution in [0.1, 0.15) is 67.7 Å². The van der Waals surface area contributed by atoms with Crippen LogP contribution in [0.25, 0.3) is 10.2 Å². The molecule has 2 aromatic heterocycles. The lowest BCUT2D eigenvalue weighted by atomic mass is 9.74. The van der Waals surface area contributed by atoms with E-state index in [0.29, 0.717) is 17.7 Å². The van der Waals surface area contributed by atoms with Gasteiger partial charge in [0.25, 0.3) is 5.91 Å². The van der Waals surface area contributed by atoms with Gasteiger partial charge in [-0.05, 0) is 31.7 Å². The Kier molecular flexibility index (Phi) is 4.62. The number of amides is 1. The monoisotopic (exact) mass is 363 g/mol. The number of nitrogens with zero attached hydrogens (tertiary/aromatic N) is 2. The van der Waals surface area contributed by atoms with Crippen molar-refractivity contribution in [3.8, 4) is 0 Å². The maximum absolute atomic E-state index is 12.8. The standard InChI is InChI=1S/C18H25N3O3S/c1-10(2)14-11-9-13(25-16(11)21(4)20-14)15(22)19-18(3)8-6-5-7-12(18)17(23)24/h9-10,12H,5-8H2,1-4H3,(H,19,22)(H,23,24). The summed E-state index contributed by atoms with van der Waals surface area (Å²) < 4.78 is 1.81. The minimum atomic E-state index is -0.829. The van der Waals surface area contributed by atoms with Gasteiger partial charge in [-0.3, -0.25) is 14.3 Å². The van der Waals surface area contributed by atoms with Crippen molar-refractivity contribution in [3.63, 3.8) is 0 Å². The topological polar surface area (TPSA) is 84.2 Å². The van der Waals surface area contributed by atoms with Crippen LogP contribution in [0, 0.1) is 5.92 Å². The summed E-state index contributed by atoms with van der Waals surface area (Å²) >= 11 is 1.41. The van der Waals surface area contributed by atoms with E-state index in [0.717, 1.165) is 28.8 Å². The molecule has 1 fully saturated rings. The van der Waals surface area contributed by atoms with Gasteiger partial charge in [-0.25, -0.2) is 0 Å². The minimum Gasteiger partial charge on any atom is -0.481 e. The van der Waals surface area contributed by atoms with E-state index in [2.05, 4.69) is 24.3 Å². The van der Waals surface area contributed by atoms with Gasteiger partial charge in [-0.15, -0.1) is 11.3 Å². The van der Waals surface area contributed by atoms with Crippen LogP contribution in [-0.4, -0.2) is 32.3 Å². The van der Waals surface area contributed by atoms with Crippen molar-refractivity contribution in [3.05, 3.63) is 16.6 Å². The molecule has 25 heavy (non-hydrogen) atoms.